The Morgan fingerprint density at radius 3 is 2.77 bits per heavy atom. The molecule has 1 aliphatic heterocycles. The number of carbonyl (C=O) groups excluding carboxylic acids is 1. The minimum atomic E-state index is -0.819. The van der Waals surface area contributed by atoms with Crippen LogP contribution in [0, 0.1) is 5.82 Å². The molecule has 1 amide bonds. The molecule has 22 heavy (non-hydrogen) atoms. The van der Waals surface area contributed by atoms with Gasteiger partial charge in [-0.15, -0.1) is 0 Å². The molecule has 1 aromatic rings. The van der Waals surface area contributed by atoms with Gasteiger partial charge in [-0.05, 0) is 39.3 Å². The molecule has 0 spiro atoms. The Balaban J connectivity index is 1.95. The van der Waals surface area contributed by atoms with E-state index in [1.54, 1.807) is 39.1 Å². The first-order valence-corrected chi connectivity index (χ1v) is 7.73. The van der Waals surface area contributed by atoms with E-state index in [9.17, 15) is 14.3 Å². The molecule has 5 heteroatoms. The summed E-state index contributed by atoms with van der Waals surface area (Å²) in [6.07, 6.45) is 1.88. The van der Waals surface area contributed by atoms with Crippen molar-refractivity contribution in [2.24, 2.45) is 0 Å². The second-order valence-electron chi connectivity index (χ2n) is 6.62. The first kappa shape index (κ1) is 16.9. The maximum absolute atomic E-state index is 13.7. The first-order valence-electron chi connectivity index (χ1n) is 7.73. The fourth-order valence-corrected chi connectivity index (χ4v) is 3.08. The lowest BCUT2D eigenvalue weighted by atomic mass is 9.97. The van der Waals surface area contributed by atoms with Crippen molar-refractivity contribution in [1.82, 2.24) is 9.80 Å². The van der Waals surface area contributed by atoms with Crippen molar-refractivity contribution in [2.75, 3.05) is 20.1 Å². The zero-order valence-electron chi connectivity index (χ0n) is 13.6. The predicted molar refractivity (Wildman–Crippen MR) is 83.8 cm³/mol. The van der Waals surface area contributed by atoms with E-state index in [-0.39, 0.29) is 30.9 Å². The van der Waals surface area contributed by atoms with E-state index in [1.165, 1.54) is 11.0 Å². The highest BCUT2D eigenvalue weighted by Gasteiger charge is 2.36. The molecule has 1 fully saturated rings. The number of benzene rings is 1. The van der Waals surface area contributed by atoms with Gasteiger partial charge in [-0.3, -0.25) is 9.69 Å². The third kappa shape index (κ3) is 4.05. The SMILES string of the molecule is CN(Cc1ccccc1F)C(=O)CN1CCC[C@@H]1C(C)(C)O. The molecule has 1 atom stereocenters. The van der Waals surface area contributed by atoms with E-state index < -0.39 is 5.60 Å². The van der Waals surface area contributed by atoms with Gasteiger partial charge in [-0.2, -0.15) is 0 Å². The van der Waals surface area contributed by atoms with Gasteiger partial charge in [0.25, 0.3) is 0 Å². The molecule has 2 rings (SSSR count). The van der Waals surface area contributed by atoms with Crippen LogP contribution in [0.15, 0.2) is 24.3 Å². The Kier molecular flexibility index (Phi) is 5.19. The minimum absolute atomic E-state index is 0.00156. The van der Waals surface area contributed by atoms with E-state index in [4.69, 9.17) is 0 Å². The van der Waals surface area contributed by atoms with Gasteiger partial charge in [0, 0.05) is 25.2 Å². The summed E-state index contributed by atoms with van der Waals surface area (Å²) < 4.78 is 13.7. The molecule has 0 unspecified atom stereocenters. The smallest absolute Gasteiger partial charge is 0.236 e. The lowest BCUT2D eigenvalue weighted by molar-refractivity contribution is -0.133. The van der Waals surface area contributed by atoms with Gasteiger partial charge in [0.2, 0.25) is 5.91 Å². The zero-order chi connectivity index (χ0) is 16.3. The zero-order valence-corrected chi connectivity index (χ0v) is 13.6. The van der Waals surface area contributed by atoms with Crippen LogP contribution in [-0.4, -0.2) is 52.6 Å². The Morgan fingerprint density at radius 2 is 2.14 bits per heavy atom. The van der Waals surface area contributed by atoms with Crippen LogP contribution in [0.3, 0.4) is 0 Å². The minimum Gasteiger partial charge on any atom is -0.389 e. The number of likely N-dealkylation sites (N-methyl/N-ethyl adjacent to an activating group) is 1. The Morgan fingerprint density at radius 1 is 1.45 bits per heavy atom. The van der Waals surface area contributed by atoms with Gasteiger partial charge in [-0.1, -0.05) is 18.2 Å². The van der Waals surface area contributed by atoms with Gasteiger partial charge in [0.1, 0.15) is 5.82 Å². The Hall–Kier alpha value is -1.46. The highest BCUT2D eigenvalue weighted by Crippen LogP contribution is 2.26. The van der Waals surface area contributed by atoms with Crippen molar-refractivity contribution in [3.63, 3.8) is 0 Å². The number of carbonyl (C=O) groups is 1. The lowest BCUT2D eigenvalue weighted by Crippen LogP contribution is -2.49. The molecule has 0 aliphatic carbocycles. The van der Waals surface area contributed by atoms with Crippen LogP contribution in [0.4, 0.5) is 4.39 Å². The van der Waals surface area contributed by atoms with E-state index in [0.717, 1.165) is 19.4 Å². The number of aliphatic hydroxyl groups is 1. The molecule has 1 saturated heterocycles. The normalized spacial score (nSPS) is 19.4. The largest absolute Gasteiger partial charge is 0.389 e. The maximum Gasteiger partial charge on any atom is 0.236 e. The maximum atomic E-state index is 13.7. The fraction of sp³-hybridized carbons (Fsp3) is 0.588. The molecular formula is C17H25FN2O2. The number of halogens is 1. The van der Waals surface area contributed by atoms with Crippen LogP contribution >= 0.6 is 0 Å². The lowest BCUT2D eigenvalue weighted by Gasteiger charge is -2.34. The van der Waals surface area contributed by atoms with Crippen molar-refractivity contribution in [3.8, 4) is 0 Å². The molecule has 1 aromatic carbocycles. The number of hydrogen-bond donors (Lipinski definition) is 1. The van der Waals surface area contributed by atoms with Crippen LogP contribution < -0.4 is 0 Å². The van der Waals surface area contributed by atoms with Crippen LogP contribution in [0.1, 0.15) is 32.3 Å². The fourth-order valence-electron chi connectivity index (χ4n) is 3.08. The molecule has 0 bridgehead atoms. The second-order valence-corrected chi connectivity index (χ2v) is 6.62. The molecule has 0 saturated carbocycles. The average Bonchev–Trinajstić information content (AvgIpc) is 2.89. The molecule has 1 heterocycles. The number of likely N-dealkylation sites (tertiary alicyclic amines) is 1. The summed E-state index contributed by atoms with van der Waals surface area (Å²) >= 11 is 0. The summed E-state index contributed by atoms with van der Waals surface area (Å²) in [4.78, 5) is 15.9. The van der Waals surface area contributed by atoms with Gasteiger partial charge in [0.05, 0.1) is 12.1 Å². The summed E-state index contributed by atoms with van der Waals surface area (Å²) in [7, 11) is 1.68. The van der Waals surface area contributed by atoms with Gasteiger partial charge in [0.15, 0.2) is 0 Å². The van der Waals surface area contributed by atoms with E-state index in [0.29, 0.717) is 5.56 Å². The van der Waals surface area contributed by atoms with Crippen LogP contribution in [0.5, 0.6) is 0 Å². The quantitative estimate of drug-likeness (QED) is 0.905. The average molecular weight is 308 g/mol. The van der Waals surface area contributed by atoms with Gasteiger partial charge >= 0.3 is 0 Å². The van der Waals surface area contributed by atoms with Gasteiger partial charge < -0.3 is 10.0 Å². The van der Waals surface area contributed by atoms with E-state index >= 15 is 0 Å². The third-order valence-electron chi connectivity index (χ3n) is 4.31. The molecule has 1 aliphatic rings. The number of hydrogen-bond acceptors (Lipinski definition) is 3. The monoisotopic (exact) mass is 308 g/mol. The molecular weight excluding hydrogens is 283 g/mol. The van der Waals surface area contributed by atoms with Crippen LogP contribution in [0.2, 0.25) is 0 Å². The molecule has 122 valence electrons. The van der Waals surface area contributed by atoms with Crippen molar-refractivity contribution >= 4 is 5.91 Å². The van der Waals surface area contributed by atoms with Crippen LogP contribution in [-0.2, 0) is 11.3 Å². The van der Waals surface area contributed by atoms with E-state index in [2.05, 4.69) is 0 Å². The molecule has 1 N–H and O–H groups in total. The second kappa shape index (κ2) is 6.75. The summed E-state index contributed by atoms with van der Waals surface area (Å²) in [5.74, 6) is -0.350. The summed E-state index contributed by atoms with van der Waals surface area (Å²) in [6.45, 7) is 4.90. The number of rotatable bonds is 5. The standard InChI is InChI=1S/C17H25FN2O2/c1-17(2,22)15-9-6-10-20(15)12-16(21)19(3)11-13-7-4-5-8-14(13)18/h4-5,7-8,15,22H,6,9-12H2,1-3H3/t15-/m1/s1. The summed E-state index contributed by atoms with van der Waals surface area (Å²) in [6, 6.07) is 6.49. The Labute approximate surface area is 131 Å². The number of amides is 1. The highest BCUT2D eigenvalue weighted by molar-refractivity contribution is 5.78. The van der Waals surface area contributed by atoms with Crippen molar-refractivity contribution < 1.29 is 14.3 Å². The van der Waals surface area contributed by atoms with Crippen molar-refractivity contribution in [3.05, 3.63) is 35.6 Å². The predicted octanol–water partition coefficient (Wildman–Crippen LogP) is 2.02. The van der Waals surface area contributed by atoms with Crippen molar-refractivity contribution in [1.29, 1.82) is 0 Å². The highest BCUT2D eigenvalue weighted by atomic mass is 19.1. The topological polar surface area (TPSA) is 43.8 Å². The number of nitrogens with zero attached hydrogens (tertiary/aromatic N) is 2. The third-order valence-corrected chi connectivity index (χ3v) is 4.31. The molecule has 0 radical (unpaired) electrons. The van der Waals surface area contributed by atoms with Gasteiger partial charge in [-0.25, -0.2) is 4.39 Å². The summed E-state index contributed by atoms with van der Waals surface area (Å²) in [5, 5.41) is 10.2. The van der Waals surface area contributed by atoms with Crippen LogP contribution in [0.25, 0.3) is 0 Å². The molecule has 4 nitrogen and oxygen atoms in total. The van der Waals surface area contributed by atoms with E-state index in [1.807, 2.05) is 4.90 Å². The summed E-state index contributed by atoms with van der Waals surface area (Å²) in [5.41, 5.74) is -0.306. The Bertz CT molecular complexity index is 528. The first-order chi connectivity index (χ1) is 10.3. The molecule has 0 aromatic heterocycles. The van der Waals surface area contributed by atoms with Crippen molar-refractivity contribution in [2.45, 2.75) is 44.9 Å².